The lowest BCUT2D eigenvalue weighted by atomic mass is 10.1. The fourth-order valence-electron chi connectivity index (χ4n) is 2.70. The van der Waals surface area contributed by atoms with Crippen molar-refractivity contribution >= 4 is 25.7 Å². The van der Waals surface area contributed by atoms with E-state index >= 15 is 0 Å². The maximum Gasteiger partial charge on any atom is 0.472 e. The number of rotatable bonds is 22. The van der Waals surface area contributed by atoms with Gasteiger partial charge in [0.2, 0.25) is 5.91 Å². The van der Waals surface area contributed by atoms with Gasteiger partial charge in [-0.3, -0.25) is 18.6 Å². The molecule has 11 nitrogen and oxygen atoms in total. The molecule has 3 unspecified atom stereocenters. The van der Waals surface area contributed by atoms with Crippen LogP contribution in [0.3, 0.4) is 0 Å². The minimum absolute atomic E-state index is 0.0229. The number of carboxylic acid groups (broad SMARTS) is 1. The van der Waals surface area contributed by atoms with Gasteiger partial charge in [-0.15, -0.1) is 0 Å². The van der Waals surface area contributed by atoms with Crippen molar-refractivity contribution in [3.63, 3.8) is 0 Å². The number of hydrogen-bond acceptors (Lipinski definition) is 8. The van der Waals surface area contributed by atoms with E-state index in [1.165, 1.54) is 6.92 Å². The summed E-state index contributed by atoms with van der Waals surface area (Å²) in [7, 11) is -4.71. The van der Waals surface area contributed by atoms with Crippen LogP contribution in [0.5, 0.6) is 0 Å². The zero-order valence-corrected chi connectivity index (χ0v) is 22.6. The number of amides is 1. The van der Waals surface area contributed by atoms with Crippen molar-refractivity contribution in [2.45, 2.75) is 83.8 Å². The van der Waals surface area contributed by atoms with Crippen LogP contribution in [-0.2, 0) is 32.7 Å². The molecule has 0 saturated heterocycles. The monoisotopic (exact) mass is 547 g/mol. The van der Waals surface area contributed by atoms with Gasteiger partial charge in [0.15, 0.2) is 6.04 Å². The minimum Gasteiger partial charge on any atom is -0.480 e. The fraction of sp³-hybridized carbons (Fsp3) is 0.640. The first-order valence-electron chi connectivity index (χ1n) is 12.5. The highest BCUT2D eigenvalue weighted by Gasteiger charge is 2.28. The standard InChI is InChI=1S/C25H42NO10P/c1-3-5-6-7-8-9-10-11-12-13-14-15-16-17-24(29)34-18-21(27)19-35-37(32,33)36-20-22(25(30)31)26-23(28)4-2/h5-6,8-9,11-12,21-22,27H,3-4,7,10,13-20H2,1-2H3,(H,26,28)(H,30,31)(H,32,33)/b6-5-,9-8-,12-11-. The van der Waals surface area contributed by atoms with Crippen LogP contribution in [0, 0.1) is 0 Å². The third kappa shape index (κ3) is 21.5. The third-order valence-corrected chi connectivity index (χ3v) is 5.71. The van der Waals surface area contributed by atoms with Gasteiger partial charge in [-0.1, -0.05) is 56.7 Å². The molecule has 0 aromatic rings. The maximum absolute atomic E-state index is 11.9. The highest BCUT2D eigenvalue weighted by Crippen LogP contribution is 2.43. The van der Waals surface area contributed by atoms with E-state index in [0.29, 0.717) is 6.42 Å². The quantitative estimate of drug-likeness (QED) is 0.0677. The molecule has 0 radical (unpaired) electrons. The Balaban J connectivity index is 3.96. The molecule has 1 amide bonds. The van der Waals surface area contributed by atoms with E-state index < -0.39 is 57.6 Å². The number of phosphoric ester groups is 1. The van der Waals surface area contributed by atoms with Gasteiger partial charge in [-0.05, 0) is 38.5 Å². The first kappa shape index (κ1) is 34.7. The summed E-state index contributed by atoms with van der Waals surface area (Å²) in [6, 6.07) is -1.54. The maximum atomic E-state index is 11.9. The second kappa shape index (κ2) is 21.8. The Hall–Kier alpha value is -2.30. The summed E-state index contributed by atoms with van der Waals surface area (Å²) in [5.74, 6) is -2.53. The van der Waals surface area contributed by atoms with Crippen molar-refractivity contribution in [2.75, 3.05) is 19.8 Å². The van der Waals surface area contributed by atoms with Crippen molar-refractivity contribution in [1.82, 2.24) is 5.32 Å². The molecule has 0 bridgehead atoms. The molecule has 0 aliphatic heterocycles. The number of aliphatic hydroxyl groups excluding tert-OH is 1. The number of carboxylic acids is 1. The first-order chi connectivity index (χ1) is 17.6. The van der Waals surface area contributed by atoms with Gasteiger partial charge in [0.25, 0.3) is 0 Å². The summed E-state index contributed by atoms with van der Waals surface area (Å²) >= 11 is 0. The van der Waals surface area contributed by atoms with E-state index in [2.05, 4.69) is 57.7 Å². The lowest BCUT2D eigenvalue weighted by molar-refractivity contribution is -0.147. The van der Waals surface area contributed by atoms with Crippen LogP contribution in [0.2, 0.25) is 0 Å². The molecule has 0 aromatic carbocycles. The SMILES string of the molecule is CC/C=C\C/C=C\C/C=C\CCCCCC(=O)OCC(O)COP(=O)(O)OCC(NC(=O)CC)C(=O)O. The predicted molar refractivity (Wildman–Crippen MR) is 139 cm³/mol. The van der Waals surface area contributed by atoms with Gasteiger partial charge in [-0.25, -0.2) is 9.36 Å². The average Bonchev–Trinajstić information content (AvgIpc) is 2.86. The molecule has 0 aliphatic carbocycles. The number of carbonyl (C=O) groups is 3. The Morgan fingerprint density at radius 1 is 0.892 bits per heavy atom. The lowest BCUT2D eigenvalue weighted by Crippen LogP contribution is -2.43. The number of phosphoric acid groups is 1. The van der Waals surface area contributed by atoms with Crippen LogP contribution in [0.4, 0.5) is 0 Å². The smallest absolute Gasteiger partial charge is 0.472 e. The highest BCUT2D eigenvalue weighted by atomic mass is 31.2. The average molecular weight is 548 g/mol. The summed E-state index contributed by atoms with van der Waals surface area (Å²) in [6.07, 6.45) is 17.9. The van der Waals surface area contributed by atoms with E-state index in [4.69, 9.17) is 9.84 Å². The van der Waals surface area contributed by atoms with Crippen LogP contribution in [0.15, 0.2) is 36.5 Å². The third-order valence-electron chi connectivity index (χ3n) is 4.76. The zero-order valence-electron chi connectivity index (χ0n) is 21.8. The Kier molecular flexibility index (Phi) is 20.4. The Morgan fingerprint density at radius 3 is 2.14 bits per heavy atom. The van der Waals surface area contributed by atoms with Gasteiger partial charge in [-0.2, -0.15) is 0 Å². The largest absolute Gasteiger partial charge is 0.480 e. The van der Waals surface area contributed by atoms with E-state index in [1.54, 1.807) is 0 Å². The van der Waals surface area contributed by atoms with Crippen LogP contribution >= 0.6 is 7.82 Å². The number of ether oxygens (including phenoxy) is 1. The summed E-state index contributed by atoms with van der Waals surface area (Å²) in [5.41, 5.74) is 0. The molecular formula is C25H42NO10P. The molecule has 0 spiro atoms. The van der Waals surface area contributed by atoms with Crippen molar-refractivity contribution in [2.24, 2.45) is 0 Å². The Bertz CT molecular complexity index is 796. The number of allylic oxidation sites excluding steroid dienone is 6. The Labute approximate surface area is 219 Å². The van der Waals surface area contributed by atoms with E-state index in [0.717, 1.165) is 38.5 Å². The van der Waals surface area contributed by atoms with Crippen LogP contribution in [0.25, 0.3) is 0 Å². The van der Waals surface area contributed by atoms with Gasteiger partial charge >= 0.3 is 19.8 Å². The molecule has 212 valence electrons. The van der Waals surface area contributed by atoms with Crippen LogP contribution < -0.4 is 5.32 Å². The normalized spacial score (nSPS) is 15.1. The van der Waals surface area contributed by atoms with Gasteiger partial charge in [0.1, 0.15) is 12.7 Å². The molecule has 0 saturated carbocycles. The van der Waals surface area contributed by atoms with Gasteiger partial charge in [0, 0.05) is 12.8 Å². The number of carbonyl (C=O) groups excluding carboxylic acids is 2. The summed E-state index contributed by atoms with van der Waals surface area (Å²) in [6.45, 7) is 1.68. The summed E-state index contributed by atoms with van der Waals surface area (Å²) in [4.78, 5) is 43.8. The number of nitrogens with one attached hydrogen (secondary N) is 1. The van der Waals surface area contributed by atoms with Crippen molar-refractivity contribution < 1.29 is 47.8 Å². The molecule has 0 aliphatic rings. The number of aliphatic carboxylic acids is 1. The minimum atomic E-state index is -4.71. The second-order valence-corrected chi connectivity index (χ2v) is 9.56. The van der Waals surface area contributed by atoms with Crippen molar-refractivity contribution in [1.29, 1.82) is 0 Å². The lowest BCUT2D eigenvalue weighted by Gasteiger charge is -2.18. The van der Waals surface area contributed by atoms with Crippen LogP contribution in [-0.4, -0.2) is 64.9 Å². The highest BCUT2D eigenvalue weighted by molar-refractivity contribution is 7.47. The molecule has 0 aromatic heterocycles. The topological polar surface area (TPSA) is 169 Å². The number of aliphatic hydroxyl groups is 1. The zero-order chi connectivity index (χ0) is 27.9. The van der Waals surface area contributed by atoms with E-state index in [9.17, 15) is 28.9 Å². The van der Waals surface area contributed by atoms with E-state index in [-0.39, 0.29) is 12.8 Å². The fourth-order valence-corrected chi connectivity index (χ4v) is 3.47. The Morgan fingerprint density at radius 2 is 1.51 bits per heavy atom. The summed E-state index contributed by atoms with van der Waals surface area (Å²) < 4.78 is 26.0. The molecule has 0 fully saturated rings. The molecule has 4 N–H and O–H groups in total. The van der Waals surface area contributed by atoms with Crippen molar-refractivity contribution in [3.05, 3.63) is 36.5 Å². The van der Waals surface area contributed by atoms with Gasteiger partial charge < -0.3 is 25.2 Å². The molecule has 12 heteroatoms. The van der Waals surface area contributed by atoms with Gasteiger partial charge in [0.05, 0.1) is 13.2 Å². The first-order valence-corrected chi connectivity index (χ1v) is 14.0. The molecular weight excluding hydrogens is 505 g/mol. The number of unbranched alkanes of at least 4 members (excludes halogenated alkanes) is 3. The van der Waals surface area contributed by atoms with Crippen molar-refractivity contribution in [3.8, 4) is 0 Å². The van der Waals surface area contributed by atoms with E-state index in [1.807, 2.05) is 0 Å². The molecule has 0 rings (SSSR count). The molecule has 0 heterocycles. The summed E-state index contributed by atoms with van der Waals surface area (Å²) in [5, 5.41) is 20.9. The predicted octanol–water partition coefficient (Wildman–Crippen LogP) is 3.81. The molecule has 37 heavy (non-hydrogen) atoms. The number of esters is 1. The van der Waals surface area contributed by atoms with Crippen LogP contribution in [0.1, 0.15) is 71.6 Å². The number of hydrogen-bond donors (Lipinski definition) is 4. The second-order valence-electron chi connectivity index (χ2n) is 8.10. The molecule has 3 atom stereocenters.